The van der Waals surface area contributed by atoms with Crippen molar-refractivity contribution < 1.29 is 95.7 Å². The Morgan fingerprint density at radius 1 is 0.917 bits per heavy atom. The molecule has 56 valence electrons. The van der Waals surface area contributed by atoms with Crippen molar-refractivity contribution in [2.45, 2.75) is 6.92 Å². The van der Waals surface area contributed by atoms with Gasteiger partial charge in [-0.25, -0.2) is 0 Å². The van der Waals surface area contributed by atoms with Gasteiger partial charge in [-0.05, 0) is 13.1 Å². The van der Waals surface area contributed by atoms with E-state index >= 15 is 0 Å². The Balaban J connectivity index is -0.0000000112. The molecule has 0 atom stereocenters. The van der Waals surface area contributed by atoms with E-state index in [1.165, 1.54) is 0 Å². The number of rotatable bonds is 0. The molecule has 0 radical (unpaired) electrons. The van der Waals surface area contributed by atoms with Crippen LogP contribution in [0.5, 0.6) is 0 Å². The Morgan fingerprint density at radius 3 is 0.917 bits per heavy atom. The van der Waals surface area contributed by atoms with Gasteiger partial charge in [0.1, 0.15) is 0 Å². The molecule has 0 aromatic rings. The Morgan fingerprint density at radius 2 is 0.917 bits per heavy atom. The van der Waals surface area contributed by atoms with Crippen molar-refractivity contribution in [3.05, 3.63) is 0 Å². The maximum atomic E-state index is 8.89. The van der Waals surface area contributed by atoms with Crippen molar-refractivity contribution >= 4 is 12.1 Å². The smallest absolute Gasteiger partial charge is 1.00 e. The summed E-state index contributed by atoms with van der Waals surface area (Å²) in [5.74, 6) is -1.08. The van der Waals surface area contributed by atoms with E-state index in [1.54, 1.807) is 0 Å². The van der Waals surface area contributed by atoms with Gasteiger partial charge in [0.15, 0.2) is 0 Å². The SMILES string of the molecule is CC(=O)[O-].O=C([O-])[O-].[Cl-].[Zn+2].[Zn+2].[Zn+2]. The number of carbonyl (C=O) groups is 2. The quantitative estimate of drug-likeness (QED) is 0.404. The van der Waals surface area contributed by atoms with Crippen LogP contribution >= 0.6 is 0 Å². The van der Waals surface area contributed by atoms with Crippen LogP contribution in [0.1, 0.15) is 6.92 Å². The number of carboxylic acid groups (broad SMARTS) is 3. The van der Waals surface area contributed by atoms with Crippen molar-refractivity contribution in [1.29, 1.82) is 0 Å². The zero-order chi connectivity index (χ0) is 7.15. The van der Waals surface area contributed by atoms with Gasteiger partial charge < -0.3 is 37.3 Å². The van der Waals surface area contributed by atoms with E-state index in [2.05, 4.69) is 0 Å². The van der Waals surface area contributed by atoms with Gasteiger partial charge in [0.05, 0.1) is 0 Å². The minimum absolute atomic E-state index is 0. The fraction of sp³-hybridized carbons (Fsp3) is 0.333. The normalized spacial score (nSPS) is 4.08. The van der Waals surface area contributed by atoms with Crippen molar-refractivity contribution in [3.8, 4) is 0 Å². The molecule has 0 heterocycles. The minimum atomic E-state index is -2.33. The maximum Gasteiger partial charge on any atom is 2.00 e. The molecule has 9 heteroatoms. The zero-order valence-corrected chi connectivity index (χ0v) is 16.2. The number of hydrogen-bond acceptors (Lipinski definition) is 5. The first-order valence-electron chi connectivity index (χ1n) is 1.52. The first kappa shape index (κ1) is 38.4. The van der Waals surface area contributed by atoms with Crippen LogP contribution in [-0.2, 0) is 63.2 Å². The Bertz CT molecular complexity index is 79.9. The second kappa shape index (κ2) is 29.7. The molecular weight excluding hydrogens is 348 g/mol. The fourth-order valence-electron chi connectivity index (χ4n) is 0. The number of carbonyl (C=O) groups excluding carboxylic acids is 2. The van der Waals surface area contributed by atoms with Crippen LogP contribution in [0, 0.1) is 0 Å². The molecular formula is C3H3ClO5Zn3+2. The van der Waals surface area contributed by atoms with Crippen LogP contribution in [-0.4, -0.2) is 12.1 Å². The molecule has 0 saturated heterocycles. The van der Waals surface area contributed by atoms with Gasteiger partial charge in [-0.1, -0.05) is 0 Å². The van der Waals surface area contributed by atoms with Gasteiger partial charge in [0.25, 0.3) is 0 Å². The minimum Gasteiger partial charge on any atom is -1.00 e. The molecule has 5 nitrogen and oxygen atoms in total. The molecule has 0 spiro atoms. The number of hydrogen-bond donors (Lipinski definition) is 0. The van der Waals surface area contributed by atoms with E-state index in [9.17, 15) is 0 Å². The number of carboxylic acids is 1. The van der Waals surface area contributed by atoms with Crippen molar-refractivity contribution in [2.24, 2.45) is 0 Å². The molecule has 0 amide bonds. The third-order valence-electron chi connectivity index (χ3n) is 0. The van der Waals surface area contributed by atoms with Crippen LogP contribution in [0.2, 0.25) is 0 Å². The summed E-state index contributed by atoms with van der Waals surface area (Å²) in [5.41, 5.74) is 0. The van der Waals surface area contributed by atoms with Crippen LogP contribution in [0.4, 0.5) is 4.79 Å². The van der Waals surface area contributed by atoms with Crippen LogP contribution in [0.25, 0.3) is 0 Å². The molecule has 0 aliphatic rings. The summed E-state index contributed by atoms with van der Waals surface area (Å²) >= 11 is 0. The zero-order valence-electron chi connectivity index (χ0n) is 6.54. The summed E-state index contributed by atoms with van der Waals surface area (Å²) < 4.78 is 0. The molecule has 0 saturated carbocycles. The van der Waals surface area contributed by atoms with E-state index < -0.39 is 12.1 Å². The molecule has 0 aliphatic carbocycles. The number of aliphatic carboxylic acids is 1. The van der Waals surface area contributed by atoms with Crippen molar-refractivity contribution in [2.75, 3.05) is 0 Å². The molecule has 0 aromatic carbocycles. The molecule has 0 N–H and O–H groups in total. The molecule has 0 aliphatic heterocycles. The molecule has 12 heavy (non-hydrogen) atoms. The summed E-state index contributed by atoms with van der Waals surface area (Å²) in [6, 6.07) is 0. The molecule has 0 unspecified atom stereocenters. The largest absolute Gasteiger partial charge is 2.00 e. The first-order valence-corrected chi connectivity index (χ1v) is 1.52. The van der Waals surface area contributed by atoms with E-state index in [1.807, 2.05) is 0 Å². The van der Waals surface area contributed by atoms with E-state index in [0.717, 1.165) is 6.92 Å². The molecule has 0 rings (SSSR count). The van der Waals surface area contributed by atoms with E-state index in [-0.39, 0.29) is 70.8 Å². The monoisotopic (exact) mass is 346 g/mol. The first-order chi connectivity index (χ1) is 3.46. The Hall–Kier alpha value is 0.900. The van der Waals surface area contributed by atoms with E-state index in [4.69, 9.17) is 24.9 Å². The van der Waals surface area contributed by atoms with Gasteiger partial charge in [-0.2, -0.15) is 0 Å². The third-order valence-corrected chi connectivity index (χ3v) is 0. The third kappa shape index (κ3) is 1320. The van der Waals surface area contributed by atoms with Crippen molar-refractivity contribution in [3.63, 3.8) is 0 Å². The van der Waals surface area contributed by atoms with Gasteiger partial charge in [0.2, 0.25) is 0 Å². The summed E-state index contributed by atoms with van der Waals surface area (Å²) in [6.07, 6.45) is -2.33. The van der Waals surface area contributed by atoms with E-state index in [0.29, 0.717) is 0 Å². The fourth-order valence-corrected chi connectivity index (χ4v) is 0. The van der Waals surface area contributed by atoms with Gasteiger partial charge in [-0.15, -0.1) is 0 Å². The average Bonchev–Trinajstić information content (AvgIpc) is 1.25. The predicted molar refractivity (Wildman–Crippen MR) is 16.1 cm³/mol. The summed E-state index contributed by atoms with van der Waals surface area (Å²) in [7, 11) is 0. The predicted octanol–water partition coefficient (Wildman–Crippen LogP) is -6.69. The topological polar surface area (TPSA) is 103 Å². The molecule has 0 aromatic heterocycles. The van der Waals surface area contributed by atoms with Crippen LogP contribution in [0.15, 0.2) is 0 Å². The second-order valence-corrected chi connectivity index (χ2v) is 0.742. The molecule has 0 bridgehead atoms. The standard InChI is InChI=1S/C2H4O2.CH2O3.ClH.3Zn/c1-2(3)4;2-1(3)4;;;;/h1H3,(H,3,4);(H2,2,3,4);1H;;;/q;;;3*+2/p-4. The Kier molecular flexibility index (Phi) is 95.0. The van der Waals surface area contributed by atoms with Crippen LogP contribution < -0.4 is 27.7 Å². The Labute approximate surface area is 114 Å². The average molecular weight is 351 g/mol. The molecule has 0 fully saturated rings. The summed E-state index contributed by atoms with van der Waals surface area (Å²) in [6.45, 7) is 0.972. The van der Waals surface area contributed by atoms with Crippen molar-refractivity contribution in [1.82, 2.24) is 0 Å². The van der Waals surface area contributed by atoms with Gasteiger partial charge in [-0.3, -0.25) is 0 Å². The maximum absolute atomic E-state index is 8.89. The second-order valence-electron chi connectivity index (χ2n) is 0.742. The summed E-state index contributed by atoms with van der Waals surface area (Å²) in [4.78, 5) is 17.2. The summed E-state index contributed by atoms with van der Waals surface area (Å²) in [5, 5.41) is 25.6. The van der Waals surface area contributed by atoms with Gasteiger partial charge in [0, 0.05) is 5.97 Å². The van der Waals surface area contributed by atoms with Gasteiger partial charge >= 0.3 is 58.4 Å². The number of halogens is 1. The van der Waals surface area contributed by atoms with Crippen LogP contribution in [0.3, 0.4) is 0 Å².